The Bertz CT molecular complexity index is 648. The van der Waals surface area contributed by atoms with E-state index in [4.69, 9.17) is 0 Å². The molecule has 0 radical (unpaired) electrons. The summed E-state index contributed by atoms with van der Waals surface area (Å²) in [6.07, 6.45) is 0. The number of carbonyl (C=O) groups is 1. The Morgan fingerprint density at radius 1 is 1.19 bits per heavy atom. The van der Waals surface area contributed by atoms with Crippen LogP contribution in [-0.2, 0) is 4.79 Å². The van der Waals surface area contributed by atoms with Gasteiger partial charge in [-0.05, 0) is 36.8 Å². The van der Waals surface area contributed by atoms with Crippen molar-refractivity contribution in [1.29, 1.82) is 0 Å². The van der Waals surface area contributed by atoms with Gasteiger partial charge in [-0.3, -0.25) is 4.79 Å². The van der Waals surface area contributed by atoms with Crippen LogP contribution in [0.3, 0.4) is 0 Å². The summed E-state index contributed by atoms with van der Waals surface area (Å²) >= 11 is 0. The lowest BCUT2D eigenvalue weighted by Gasteiger charge is -2.21. The first-order valence-corrected chi connectivity index (χ1v) is 7.25. The fraction of sp³-hybridized carbons (Fsp3) is 0.278. The highest BCUT2D eigenvalue weighted by Crippen LogP contribution is 2.18. The van der Waals surface area contributed by atoms with Crippen molar-refractivity contribution in [2.24, 2.45) is 0 Å². The number of anilines is 1. The normalized spacial score (nSPS) is 10.4. The smallest absolute Gasteiger partial charge is 0.242 e. The summed E-state index contributed by atoms with van der Waals surface area (Å²) in [6, 6.07) is 14.3. The number of nitrogens with one attached hydrogen (secondary N) is 1. The van der Waals surface area contributed by atoms with Gasteiger partial charge in [0.05, 0.1) is 6.54 Å². The molecule has 2 aromatic rings. The maximum atomic E-state index is 12.2. The van der Waals surface area contributed by atoms with Crippen LogP contribution in [0.2, 0.25) is 0 Å². The van der Waals surface area contributed by atoms with Crippen LogP contribution in [-0.4, -0.2) is 30.4 Å². The molecule has 3 heteroatoms. The van der Waals surface area contributed by atoms with Gasteiger partial charge in [0.15, 0.2) is 0 Å². The van der Waals surface area contributed by atoms with Gasteiger partial charge in [0, 0.05) is 18.8 Å². The van der Waals surface area contributed by atoms with Crippen LogP contribution < -0.4 is 5.32 Å². The van der Waals surface area contributed by atoms with Crippen molar-refractivity contribution in [1.82, 2.24) is 4.90 Å². The first-order valence-electron chi connectivity index (χ1n) is 7.25. The van der Waals surface area contributed by atoms with E-state index >= 15 is 0 Å². The molecule has 1 N–H and O–H groups in total. The van der Waals surface area contributed by atoms with Gasteiger partial charge in [-0.15, -0.1) is 0 Å². The molecule has 0 saturated carbocycles. The van der Waals surface area contributed by atoms with Gasteiger partial charge < -0.3 is 10.2 Å². The molecule has 0 aliphatic carbocycles. The number of amides is 1. The number of hydrogen-bond donors (Lipinski definition) is 1. The average molecular weight is 282 g/mol. The van der Waals surface area contributed by atoms with E-state index < -0.39 is 0 Å². The molecular weight excluding hydrogens is 260 g/mol. The Morgan fingerprint density at radius 2 is 1.90 bits per heavy atom. The van der Waals surface area contributed by atoms with Gasteiger partial charge in [-0.1, -0.05) is 42.5 Å². The van der Waals surface area contributed by atoms with Crippen molar-refractivity contribution in [2.45, 2.75) is 13.8 Å². The molecule has 0 saturated heterocycles. The van der Waals surface area contributed by atoms with E-state index in [0.29, 0.717) is 19.6 Å². The third-order valence-corrected chi connectivity index (χ3v) is 3.39. The van der Waals surface area contributed by atoms with Crippen LogP contribution in [0.5, 0.6) is 0 Å². The highest BCUT2D eigenvalue weighted by Gasteiger charge is 2.11. The third-order valence-electron chi connectivity index (χ3n) is 3.39. The standard InChI is InChI=1S/C18H22N2O/c1-4-20(13-14(2)3)18(21)12-19-17-10-9-15-7-5-6-8-16(15)11-17/h5-11,19H,2,4,12-13H2,1,3H3. The molecule has 0 bridgehead atoms. The lowest BCUT2D eigenvalue weighted by Crippen LogP contribution is -2.36. The average Bonchev–Trinajstić information content (AvgIpc) is 2.49. The number of fused-ring (bicyclic) bond motifs is 1. The molecule has 0 heterocycles. The number of likely N-dealkylation sites (N-methyl/N-ethyl adjacent to an activating group) is 1. The summed E-state index contributed by atoms with van der Waals surface area (Å²) in [5.41, 5.74) is 1.96. The summed E-state index contributed by atoms with van der Waals surface area (Å²) in [5, 5.41) is 5.58. The molecule has 2 rings (SSSR count). The van der Waals surface area contributed by atoms with Crippen LogP contribution >= 0.6 is 0 Å². The zero-order valence-corrected chi connectivity index (χ0v) is 12.7. The van der Waals surface area contributed by atoms with Gasteiger partial charge in [0.2, 0.25) is 5.91 Å². The summed E-state index contributed by atoms with van der Waals surface area (Å²) in [5.74, 6) is 0.0914. The van der Waals surface area contributed by atoms with Crippen LogP contribution in [0, 0.1) is 0 Å². The van der Waals surface area contributed by atoms with Crippen molar-refractivity contribution in [2.75, 3.05) is 25.0 Å². The van der Waals surface area contributed by atoms with E-state index in [2.05, 4.69) is 36.2 Å². The molecule has 0 aromatic heterocycles. The van der Waals surface area contributed by atoms with Gasteiger partial charge in [0.25, 0.3) is 0 Å². The van der Waals surface area contributed by atoms with Crippen LogP contribution in [0.25, 0.3) is 10.8 Å². The van der Waals surface area contributed by atoms with Crippen LogP contribution in [0.4, 0.5) is 5.69 Å². The summed E-state index contributed by atoms with van der Waals surface area (Å²) in [6.45, 7) is 9.41. The number of benzene rings is 2. The Hall–Kier alpha value is -2.29. The van der Waals surface area contributed by atoms with E-state index in [1.54, 1.807) is 4.90 Å². The van der Waals surface area contributed by atoms with Gasteiger partial charge in [-0.25, -0.2) is 0 Å². The van der Waals surface area contributed by atoms with Crippen LogP contribution in [0.15, 0.2) is 54.6 Å². The van der Waals surface area contributed by atoms with Crippen LogP contribution in [0.1, 0.15) is 13.8 Å². The Balaban J connectivity index is 2.00. The van der Waals surface area contributed by atoms with Crippen molar-refractivity contribution < 1.29 is 4.79 Å². The highest BCUT2D eigenvalue weighted by atomic mass is 16.2. The van der Waals surface area contributed by atoms with E-state index in [1.165, 1.54) is 10.8 Å². The predicted octanol–water partition coefficient (Wildman–Crippen LogP) is 3.68. The van der Waals surface area contributed by atoms with Crippen molar-refractivity contribution in [3.63, 3.8) is 0 Å². The molecule has 3 nitrogen and oxygen atoms in total. The van der Waals surface area contributed by atoms with E-state index in [9.17, 15) is 4.79 Å². The second kappa shape index (κ2) is 6.93. The fourth-order valence-electron chi connectivity index (χ4n) is 2.29. The van der Waals surface area contributed by atoms with Gasteiger partial charge in [0.1, 0.15) is 0 Å². The minimum absolute atomic E-state index is 0.0914. The lowest BCUT2D eigenvalue weighted by molar-refractivity contribution is -0.128. The maximum absolute atomic E-state index is 12.2. The molecule has 0 aliphatic heterocycles. The van der Waals surface area contributed by atoms with Crippen molar-refractivity contribution in [3.8, 4) is 0 Å². The minimum Gasteiger partial charge on any atom is -0.376 e. The maximum Gasteiger partial charge on any atom is 0.242 e. The molecule has 2 aromatic carbocycles. The monoisotopic (exact) mass is 282 g/mol. The zero-order chi connectivity index (χ0) is 15.2. The first-order chi connectivity index (χ1) is 10.1. The quantitative estimate of drug-likeness (QED) is 0.820. The van der Waals surface area contributed by atoms with E-state index in [1.807, 2.05) is 32.0 Å². The second-order valence-electron chi connectivity index (χ2n) is 5.28. The molecule has 110 valence electrons. The number of carbonyl (C=O) groups excluding carboxylic acids is 1. The molecule has 0 fully saturated rings. The Kier molecular flexibility index (Phi) is 4.99. The largest absolute Gasteiger partial charge is 0.376 e. The van der Waals surface area contributed by atoms with Crippen molar-refractivity contribution >= 4 is 22.4 Å². The Morgan fingerprint density at radius 3 is 2.57 bits per heavy atom. The predicted molar refractivity (Wildman–Crippen MR) is 89.5 cm³/mol. The minimum atomic E-state index is 0.0914. The molecule has 1 amide bonds. The first kappa shape index (κ1) is 15.1. The summed E-state index contributed by atoms with van der Waals surface area (Å²) < 4.78 is 0. The highest BCUT2D eigenvalue weighted by molar-refractivity contribution is 5.87. The molecular formula is C18H22N2O. The van der Waals surface area contributed by atoms with Crippen molar-refractivity contribution in [3.05, 3.63) is 54.6 Å². The summed E-state index contributed by atoms with van der Waals surface area (Å²) in [4.78, 5) is 14.0. The third kappa shape index (κ3) is 4.09. The SMILES string of the molecule is C=C(C)CN(CC)C(=O)CNc1ccc2ccccc2c1. The Labute approximate surface area is 126 Å². The zero-order valence-electron chi connectivity index (χ0n) is 12.7. The molecule has 21 heavy (non-hydrogen) atoms. The van der Waals surface area contributed by atoms with E-state index in [0.717, 1.165) is 11.3 Å². The number of hydrogen-bond acceptors (Lipinski definition) is 2. The topological polar surface area (TPSA) is 32.3 Å². The second-order valence-corrected chi connectivity index (χ2v) is 5.28. The molecule has 0 aliphatic rings. The molecule has 0 unspecified atom stereocenters. The van der Waals surface area contributed by atoms with Gasteiger partial charge in [-0.2, -0.15) is 0 Å². The molecule has 0 spiro atoms. The fourth-order valence-corrected chi connectivity index (χ4v) is 2.29. The van der Waals surface area contributed by atoms with E-state index in [-0.39, 0.29) is 5.91 Å². The number of rotatable bonds is 6. The number of nitrogens with zero attached hydrogens (tertiary/aromatic N) is 1. The summed E-state index contributed by atoms with van der Waals surface area (Å²) in [7, 11) is 0. The molecule has 0 atom stereocenters. The lowest BCUT2D eigenvalue weighted by atomic mass is 10.1. The van der Waals surface area contributed by atoms with Gasteiger partial charge >= 0.3 is 0 Å².